The quantitative estimate of drug-likeness (QED) is 0.0769. The molecule has 3 N–H and O–H groups in total. The van der Waals surface area contributed by atoms with Gasteiger partial charge in [-0.05, 0) is 83.8 Å². The molecule has 1 saturated heterocycles. The van der Waals surface area contributed by atoms with E-state index in [1.54, 1.807) is 34.4 Å². The SMILES string of the molecule is Cc1ncsc1-c1ccc(CNC(=O)[C@@H]2CCCN2C(=O)[C@@H](NC(=O)COCCOc2ccc(-c3ccc(C(=O)N[C@H]4C(C)(C)[C@H](Oc5ccc(C#N)c(Cl)c5)C4(C)C)cc3)cc2)C(C)(C)C)cc1. The van der Waals surface area contributed by atoms with Gasteiger partial charge in [0.2, 0.25) is 17.7 Å². The molecule has 1 aromatic heterocycles. The lowest BCUT2D eigenvalue weighted by Gasteiger charge is -2.63. The molecule has 2 heterocycles. The number of nitrogens with zero attached hydrogens (tertiary/aromatic N) is 3. The lowest BCUT2D eigenvalue weighted by Crippen LogP contribution is -2.74. The van der Waals surface area contributed by atoms with E-state index in [1.165, 1.54) is 0 Å². The molecule has 1 aliphatic carbocycles. The lowest BCUT2D eigenvalue weighted by atomic mass is 9.49. The molecule has 2 aliphatic rings. The van der Waals surface area contributed by atoms with Crippen LogP contribution in [0.4, 0.5) is 0 Å². The second-order valence-electron chi connectivity index (χ2n) is 20.0. The first kappa shape index (κ1) is 50.6. The Bertz CT molecular complexity index is 2670. The number of aryl methyl sites for hydroxylation is 1. The number of aromatic nitrogens is 1. The molecule has 1 saturated carbocycles. The van der Waals surface area contributed by atoms with Crippen molar-refractivity contribution in [1.82, 2.24) is 25.8 Å². The van der Waals surface area contributed by atoms with E-state index in [0.717, 1.165) is 32.8 Å². The number of nitrogens with one attached hydrogen (secondary N) is 3. The van der Waals surface area contributed by atoms with Crippen molar-refractivity contribution in [1.29, 1.82) is 5.26 Å². The van der Waals surface area contributed by atoms with Gasteiger partial charge in [0.15, 0.2) is 0 Å². The van der Waals surface area contributed by atoms with Crippen LogP contribution in [0.25, 0.3) is 21.6 Å². The van der Waals surface area contributed by atoms with Crippen molar-refractivity contribution in [2.75, 3.05) is 26.4 Å². The van der Waals surface area contributed by atoms with E-state index in [4.69, 9.17) is 25.8 Å². The Labute approximate surface area is 413 Å². The summed E-state index contributed by atoms with van der Waals surface area (Å²) in [6.45, 7) is 16.8. The Hall–Kier alpha value is -6.27. The molecule has 0 radical (unpaired) electrons. The summed E-state index contributed by atoms with van der Waals surface area (Å²) in [4.78, 5) is 61.0. The van der Waals surface area contributed by atoms with Crippen LogP contribution in [0.1, 0.15) is 88.5 Å². The molecule has 2 atom stereocenters. The van der Waals surface area contributed by atoms with Crippen LogP contribution in [-0.4, -0.2) is 84.1 Å². The second kappa shape index (κ2) is 21.2. The number of hydrogen-bond acceptors (Lipinski definition) is 10. The number of halogens is 1. The van der Waals surface area contributed by atoms with Crippen molar-refractivity contribution in [3.05, 3.63) is 124 Å². The summed E-state index contributed by atoms with van der Waals surface area (Å²) in [5.74, 6) is 0.0817. The highest BCUT2D eigenvalue weighted by atomic mass is 35.5. The first-order valence-electron chi connectivity index (χ1n) is 23.2. The third-order valence-electron chi connectivity index (χ3n) is 13.2. The van der Waals surface area contributed by atoms with E-state index < -0.39 is 23.4 Å². The zero-order valence-corrected chi connectivity index (χ0v) is 42.1. The molecule has 0 bridgehead atoms. The summed E-state index contributed by atoms with van der Waals surface area (Å²) < 4.78 is 17.9. The first-order chi connectivity index (χ1) is 32.8. The Balaban J connectivity index is 0.830. The molecule has 0 spiro atoms. The van der Waals surface area contributed by atoms with Crippen LogP contribution in [0.2, 0.25) is 5.02 Å². The topological polar surface area (TPSA) is 172 Å². The Morgan fingerprint density at radius 2 is 1.54 bits per heavy atom. The number of amides is 4. The lowest BCUT2D eigenvalue weighted by molar-refractivity contribution is -0.164. The largest absolute Gasteiger partial charge is 0.491 e. The maximum Gasteiger partial charge on any atom is 0.251 e. The monoisotopic (exact) mass is 972 g/mol. The third-order valence-corrected chi connectivity index (χ3v) is 14.5. The number of carbonyl (C=O) groups is 4. The van der Waals surface area contributed by atoms with Gasteiger partial charge < -0.3 is 35.1 Å². The van der Waals surface area contributed by atoms with Crippen LogP contribution in [0.5, 0.6) is 11.5 Å². The van der Waals surface area contributed by atoms with E-state index in [1.807, 2.05) is 106 Å². The molecule has 5 aromatic rings. The zero-order valence-electron chi connectivity index (χ0n) is 40.5. The van der Waals surface area contributed by atoms with Gasteiger partial charge in [0.25, 0.3) is 5.91 Å². The number of ether oxygens (including phenoxy) is 3. The Morgan fingerprint density at radius 1 is 0.899 bits per heavy atom. The highest BCUT2D eigenvalue weighted by molar-refractivity contribution is 7.13. The smallest absolute Gasteiger partial charge is 0.251 e. The van der Waals surface area contributed by atoms with Crippen molar-refractivity contribution >= 4 is 46.6 Å². The van der Waals surface area contributed by atoms with E-state index >= 15 is 0 Å². The van der Waals surface area contributed by atoms with Crippen molar-refractivity contribution in [2.45, 2.75) is 99.0 Å². The number of thiazole rings is 1. The number of benzene rings is 4. The minimum atomic E-state index is -0.863. The predicted octanol–water partition coefficient (Wildman–Crippen LogP) is 9.16. The van der Waals surface area contributed by atoms with Gasteiger partial charge >= 0.3 is 0 Å². The molecule has 69 heavy (non-hydrogen) atoms. The van der Waals surface area contributed by atoms with E-state index in [2.05, 4.69) is 54.7 Å². The summed E-state index contributed by atoms with van der Waals surface area (Å²) in [5.41, 5.74) is 6.24. The number of carbonyl (C=O) groups excluding carboxylic acids is 4. The molecule has 15 heteroatoms. The number of rotatable bonds is 17. The van der Waals surface area contributed by atoms with E-state index in [0.29, 0.717) is 53.6 Å². The number of nitriles is 1. The number of likely N-dealkylation sites (tertiary alicyclic amines) is 1. The molecule has 2 fully saturated rings. The molecule has 362 valence electrons. The molecular weight excluding hydrogens is 912 g/mol. The highest BCUT2D eigenvalue weighted by Gasteiger charge is 2.64. The van der Waals surface area contributed by atoms with Gasteiger partial charge in [-0.25, -0.2) is 4.98 Å². The fourth-order valence-electron chi connectivity index (χ4n) is 9.73. The minimum Gasteiger partial charge on any atom is -0.491 e. The van der Waals surface area contributed by atoms with Gasteiger partial charge in [-0.15, -0.1) is 11.3 Å². The Kier molecular flexibility index (Phi) is 15.5. The van der Waals surface area contributed by atoms with Gasteiger partial charge in [-0.1, -0.05) is 109 Å². The summed E-state index contributed by atoms with van der Waals surface area (Å²) in [5, 5.41) is 18.7. The van der Waals surface area contributed by atoms with Crippen LogP contribution < -0.4 is 25.4 Å². The third kappa shape index (κ3) is 11.6. The standard InChI is InChI=1S/C54H61ClN6O7S/c1-33-45(69-32-58-33)37-13-11-34(12-14-37)30-57-48(64)43-10-9-25-61(43)49(65)46(52(2,3)4)59-44(62)31-66-26-27-67-40-22-19-36(20-23-40)35-15-17-38(18-16-35)47(63)60-50-53(5,6)51(54(50,7)8)68-41-24-21-39(29-56)42(55)28-41/h11-24,28,32,43,46,50-51H,9-10,25-27,30-31H2,1-8H3,(H,57,64)(H,59,62)(H,60,63)/t43-,46+,50-,51-/m0/s1. The molecule has 13 nitrogen and oxygen atoms in total. The van der Waals surface area contributed by atoms with E-state index in [-0.39, 0.29) is 60.5 Å². The maximum absolute atomic E-state index is 14.0. The molecule has 4 amide bonds. The van der Waals surface area contributed by atoms with Crippen LogP contribution >= 0.6 is 22.9 Å². The van der Waals surface area contributed by atoms with Crippen molar-refractivity contribution in [3.8, 4) is 39.1 Å². The van der Waals surface area contributed by atoms with Crippen molar-refractivity contribution in [3.63, 3.8) is 0 Å². The Morgan fingerprint density at radius 3 is 2.14 bits per heavy atom. The zero-order chi connectivity index (χ0) is 49.7. The van der Waals surface area contributed by atoms with Gasteiger partial charge in [0.05, 0.1) is 33.3 Å². The van der Waals surface area contributed by atoms with Crippen LogP contribution in [0.3, 0.4) is 0 Å². The highest BCUT2D eigenvalue weighted by Crippen LogP contribution is 2.55. The fourth-order valence-corrected chi connectivity index (χ4v) is 10.8. The maximum atomic E-state index is 14.0. The van der Waals surface area contributed by atoms with Crippen molar-refractivity contribution in [2.24, 2.45) is 16.2 Å². The molecule has 0 unspecified atom stereocenters. The van der Waals surface area contributed by atoms with Gasteiger partial charge in [-0.3, -0.25) is 19.2 Å². The van der Waals surface area contributed by atoms with Crippen LogP contribution in [0.15, 0.2) is 96.5 Å². The van der Waals surface area contributed by atoms with Crippen LogP contribution in [0, 0.1) is 34.5 Å². The predicted molar refractivity (Wildman–Crippen MR) is 268 cm³/mol. The van der Waals surface area contributed by atoms with Gasteiger partial charge in [-0.2, -0.15) is 5.26 Å². The minimum absolute atomic E-state index is 0.143. The number of hydrogen-bond donors (Lipinski definition) is 3. The summed E-state index contributed by atoms with van der Waals surface area (Å²) >= 11 is 7.84. The first-order valence-corrected chi connectivity index (χ1v) is 24.5. The molecule has 7 rings (SSSR count). The average molecular weight is 974 g/mol. The molecular formula is C54H61ClN6O7S. The fraction of sp³-hybridized carbons (Fsp3) is 0.407. The summed E-state index contributed by atoms with van der Waals surface area (Å²) in [6.07, 6.45) is 1.02. The molecule has 1 aliphatic heterocycles. The van der Waals surface area contributed by atoms with Gasteiger partial charge in [0, 0.05) is 41.6 Å². The normalized spacial score (nSPS) is 18.6. The van der Waals surface area contributed by atoms with E-state index in [9.17, 15) is 24.4 Å². The second-order valence-corrected chi connectivity index (χ2v) is 21.3. The van der Waals surface area contributed by atoms with Crippen LogP contribution in [-0.2, 0) is 25.7 Å². The summed E-state index contributed by atoms with van der Waals surface area (Å²) in [7, 11) is 0. The van der Waals surface area contributed by atoms with Crippen molar-refractivity contribution < 1.29 is 33.4 Å². The average Bonchev–Trinajstić information content (AvgIpc) is 4.00. The van der Waals surface area contributed by atoms with Gasteiger partial charge in [0.1, 0.15) is 49.0 Å². The summed E-state index contributed by atoms with van der Waals surface area (Å²) in [6, 6.07) is 28.5. The molecule has 4 aromatic carbocycles.